The molecule has 0 saturated heterocycles. The fourth-order valence-electron chi connectivity index (χ4n) is 2.46. The first-order valence-electron chi connectivity index (χ1n) is 8.64. The number of ether oxygens (including phenoxy) is 1. The Morgan fingerprint density at radius 2 is 1.50 bits per heavy atom. The first kappa shape index (κ1) is 18.7. The van der Waals surface area contributed by atoms with E-state index in [1.165, 1.54) is 38.2 Å². The summed E-state index contributed by atoms with van der Waals surface area (Å²) >= 11 is 0. The number of aliphatic hydroxyl groups excluding tert-OH is 1. The van der Waals surface area contributed by atoms with Crippen molar-refractivity contribution in [3.8, 4) is 0 Å². The Morgan fingerprint density at radius 3 is 2.27 bits per heavy atom. The van der Waals surface area contributed by atoms with Gasteiger partial charge in [-0.25, -0.2) is 4.79 Å². The van der Waals surface area contributed by atoms with Crippen molar-refractivity contribution in [1.82, 2.24) is 0 Å². The number of rotatable bonds is 0. The highest BCUT2D eigenvalue weighted by Crippen LogP contribution is 2.12. The van der Waals surface area contributed by atoms with E-state index in [0.29, 0.717) is 13.0 Å². The number of carbonyl (C=O) groups is 1. The average molecular weight is 306 g/mol. The smallest absolute Gasteiger partial charge is 0.330 e. The largest absolute Gasteiger partial charge is 0.463 e. The summed E-state index contributed by atoms with van der Waals surface area (Å²) in [5, 5.41) is 9.85. The van der Waals surface area contributed by atoms with Gasteiger partial charge in [0.15, 0.2) is 0 Å². The maximum Gasteiger partial charge on any atom is 0.330 e. The van der Waals surface area contributed by atoms with Crippen molar-refractivity contribution in [3.63, 3.8) is 0 Å². The second-order valence-corrected chi connectivity index (χ2v) is 5.85. The maximum absolute atomic E-state index is 11.4. The third-order valence-electron chi connectivity index (χ3n) is 3.79. The van der Waals surface area contributed by atoms with E-state index in [0.717, 1.165) is 25.7 Å². The van der Waals surface area contributed by atoms with E-state index in [-0.39, 0.29) is 12.1 Å². The fraction of sp³-hybridized carbons (Fsp3) is 0.632. The number of carbonyl (C=O) groups excluding carboxylic acids is 1. The molecule has 1 aliphatic heterocycles. The molecule has 1 rings (SSSR count). The highest BCUT2D eigenvalue weighted by Gasteiger charge is 2.01. The molecule has 1 N–H and O–H groups in total. The summed E-state index contributed by atoms with van der Waals surface area (Å²) in [6.45, 7) is 0.519. The van der Waals surface area contributed by atoms with Crippen molar-refractivity contribution in [1.29, 1.82) is 0 Å². The van der Waals surface area contributed by atoms with E-state index in [2.05, 4.69) is 0 Å². The molecule has 0 bridgehead atoms. The molecule has 0 radical (unpaired) electrons. The van der Waals surface area contributed by atoms with Gasteiger partial charge in [0.2, 0.25) is 0 Å². The molecular weight excluding hydrogens is 276 g/mol. The van der Waals surface area contributed by atoms with Gasteiger partial charge in [-0.2, -0.15) is 0 Å². The molecule has 0 aromatic carbocycles. The van der Waals surface area contributed by atoms with Gasteiger partial charge in [0.25, 0.3) is 0 Å². The van der Waals surface area contributed by atoms with Crippen LogP contribution in [0.3, 0.4) is 0 Å². The fourth-order valence-corrected chi connectivity index (χ4v) is 2.46. The van der Waals surface area contributed by atoms with Gasteiger partial charge in [0.1, 0.15) is 0 Å². The first-order chi connectivity index (χ1) is 10.8. The molecule has 0 aliphatic carbocycles. The van der Waals surface area contributed by atoms with Crippen LogP contribution in [0.25, 0.3) is 0 Å². The zero-order valence-electron chi connectivity index (χ0n) is 13.6. The lowest BCUT2D eigenvalue weighted by Crippen LogP contribution is -2.04. The summed E-state index contributed by atoms with van der Waals surface area (Å²) in [6, 6.07) is 0. The molecule has 1 aliphatic rings. The van der Waals surface area contributed by atoms with Gasteiger partial charge >= 0.3 is 5.97 Å². The minimum Gasteiger partial charge on any atom is -0.463 e. The summed E-state index contributed by atoms with van der Waals surface area (Å²) in [4.78, 5) is 11.4. The van der Waals surface area contributed by atoms with Crippen LogP contribution in [0.15, 0.2) is 36.5 Å². The Balaban J connectivity index is 2.36. The number of aliphatic hydroxyl groups is 1. The van der Waals surface area contributed by atoms with Crippen LogP contribution in [0.4, 0.5) is 0 Å². The Hall–Kier alpha value is -1.35. The lowest BCUT2D eigenvalue weighted by Gasteiger charge is -2.07. The van der Waals surface area contributed by atoms with Crippen molar-refractivity contribution in [2.75, 3.05) is 6.61 Å². The highest BCUT2D eigenvalue weighted by molar-refractivity contribution is 5.82. The lowest BCUT2D eigenvalue weighted by molar-refractivity contribution is -0.137. The van der Waals surface area contributed by atoms with E-state index in [4.69, 9.17) is 4.74 Å². The van der Waals surface area contributed by atoms with Crippen LogP contribution in [-0.4, -0.2) is 23.8 Å². The van der Waals surface area contributed by atoms with Crippen LogP contribution in [0, 0.1) is 0 Å². The number of hydrogen-bond donors (Lipinski definition) is 1. The molecule has 1 unspecified atom stereocenters. The summed E-state index contributed by atoms with van der Waals surface area (Å²) in [5.74, 6) is -0.279. The third kappa shape index (κ3) is 11.3. The molecule has 3 heteroatoms. The Kier molecular flexibility index (Phi) is 11.3. The quantitative estimate of drug-likeness (QED) is 0.671. The molecule has 0 fully saturated rings. The second kappa shape index (κ2) is 13.3. The van der Waals surface area contributed by atoms with Gasteiger partial charge in [0, 0.05) is 6.08 Å². The van der Waals surface area contributed by atoms with Crippen LogP contribution >= 0.6 is 0 Å². The van der Waals surface area contributed by atoms with E-state index < -0.39 is 0 Å². The molecule has 3 nitrogen and oxygen atoms in total. The van der Waals surface area contributed by atoms with Gasteiger partial charge < -0.3 is 9.84 Å². The topological polar surface area (TPSA) is 46.5 Å². The summed E-state index contributed by atoms with van der Waals surface area (Å²) in [5.41, 5.74) is 0. The molecule has 0 saturated carbocycles. The standard InChI is InChI=1S/C19H30O3/c20-18-14-10-6-3-1-2-4-9-13-17-22-19(21)16-12-8-5-7-11-15-18/h5,7-8,11-12,16,18,20H,1-4,6,9-10,13-15,17H2/b8-5+,11-7-,16-12+. The van der Waals surface area contributed by atoms with Crippen molar-refractivity contribution in [3.05, 3.63) is 36.5 Å². The van der Waals surface area contributed by atoms with Gasteiger partial charge in [-0.1, -0.05) is 75.3 Å². The zero-order chi connectivity index (χ0) is 15.9. The molecule has 0 aromatic rings. The Labute approximate surface area is 134 Å². The number of esters is 1. The Bertz CT molecular complexity index is 369. The van der Waals surface area contributed by atoms with E-state index in [1.54, 1.807) is 12.2 Å². The van der Waals surface area contributed by atoms with Crippen LogP contribution in [0.1, 0.15) is 64.2 Å². The molecule has 0 amide bonds. The maximum atomic E-state index is 11.4. The minimum atomic E-state index is -0.279. The molecule has 1 atom stereocenters. The first-order valence-corrected chi connectivity index (χ1v) is 8.64. The monoisotopic (exact) mass is 306 g/mol. The summed E-state index contributed by atoms with van der Waals surface area (Å²) in [6.07, 6.45) is 21.4. The third-order valence-corrected chi connectivity index (χ3v) is 3.79. The molecule has 22 heavy (non-hydrogen) atoms. The average Bonchev–Trinajstić information content (AvgIpc) is 2.50. The Morgan fingerprint density at radius 1 is 0.864 bits per heavy atom. The van der Waals surface area contributed by atoms with Gasteiger partial charge in [-0.05, 0) is 19.3 Å². The van der Waals surface area contributed by atoms with E-state index >= 15 is 0 Å². The number of hydrogen-bond acceptors (Lipinski definition) is 3. The predicted molar refractivity (Wildman–Crippen MR) is 90.6 cm³/mol. The van der Waals surface area contributed by atoms with Crippen LogP contribution in [-0.2, 0) is 9.53 Å². The SMILES string of the molecule is O=C1/C=C/C=C/C=C\CC(O)CCCCCCCCCCO1. The van der Waals surface area contributed by atoms with Crippen molar-refractivity contribution >= 4 is 5.97 Å². The van der Waals surface area contributed by atoms with Crippen LogP contribution < -0.4 is 0 Å². The van der Waals surface area contributed by atoms with Gasteiger partial charge in [-0.15, -0.1) is 0 Å². The zero-order valence-corrected chi connectivity index (χ0v) is 13.6. The second-order valence-electron chi connectivity index (χ2n) is 5.85. The molecule has 124 valence electrons. The molecule has 1 heterocycles. The van der Waals surface area contributed by atoms with Gasteiger partial charge in [0.05, 0.1) is 12.7 Å². The summed E-state index contributed by atoms with van der Waals surface area (Å²) < 4.78 is 5.13. The van der Waals surface area contributed by atoms with Crippen molar-refractivity contribution < 1.29 is 14.6 Å². The van der Waals surface area contributed by atoms with E-state index in [9.17, 15) is 9.90 Å². The normalized spacial score (nSPS) is 28.2. The highest BCUT2D eigenvalue weighted by atomic mass is 16.5. The molecular formula is C19H30O3. The van der Waals surface area contributed by atoms with Crippen LogP contribution in [0.5, 0.6) is 0 Å². The summed E-state index contributed by atoms with van der Waals surface area (Å²) in [7, 11) is 0. The number of allylic oxidation sites excluding steroid dienone is 4. The number of cyclic esters (lactones) is 1. The lowest BCUT2D eigenvalue weighted by atomic mass is 10.0. The predicted octanol–water partition coefficient (Wildman–Crippen LogP) is 4.47. The van der Waals surface area contributed by atoms with Gasteiger partial charge in [-0.3, -0.25) is 0 Å². The van der Waals surface area contributed by atoms with E-state index in [1.807, 2.05) is 18.2 Å². The van der Waals surface area contributed by atoms with Crippen molar-refractivity contribution in [2.45, 2.75) is 70.3 Å². The molecule has 0 spiro atoms. The van der Waals surface area contributed by atoms with Crippen molar-refractivity contribution in [2.24, 2.45) is 0 Å². The molecule has 0 aromatic heterocycles. The van der Waals surface area contributed by atoms with Crippen LogP contribution in [0.2, 0.25) is 0 Å². The minimum absolute atomic E-state index is 0.235.